The number of benzene rings is 2. The average molecular weight is 495 g/mol. The number of ether oxygens (including phenoxy) is 1. The highest BCUT2D eigenvalue weighted by Crippen LogP contribution is 2.26. The molecule has 0 radical (unpaired) electrons. The fourth-order valence-electron chi connectivity index (χ4n) is 3.61. The van der Waals surface area contributed by atoms with Crippen molar-refractivity contribution in [1.82, 2.24) is 9.21 Å². The zero-order chi connectivity index (χ0) is 21.9. The molecule has 0 spiro atoms. The van der Waals surface area contributed by atoms with Crippen LogP contribution in [0.1, 0.15) is 41.4 Å². The van der Waals surface area contributed by atoms with Crippen LogP contribution in [0.15, 0.2) is 51.8 Å². The molecular formula is C22H27BrN2O4S. The van der Waals surface area contributed by atoms with Crippen LogP contribution in [0.4, 0.5) is 0 Å². The van der Waals surface area contributed by atoms with Crippen molar-refractivity contribution >= 4 is 31.9 Å². The third-order valence-electron chi connectivity index (χ3n) is 5.35. The minimum Gasteiger partial charge on any atom is -0.370 e. The predicted molar refractivity (Wildman–Crippen MR) is 120 cm³/mol. The first kappa shape index (κ1) is 22.9. The smallest absolute Gasteiger partial charge is 0.254 e. The summed E-state index contributed by atoms with van der Waals surface area (Å²) in [6.07, 6.45) is -0.208. The van der Waals surface area contributed by atoms with Crippen LogP contribution < -0.4 is 0 Å². The number of hydrogen-bond acceptors (Lipinski definition) is 4. The van der Waals surface area contributed by atoms with Crippen LogP contribution in [0, 0.1) is 6.92 Å². The molecule has 1 aliphatic heterocycles. The lowest BCUT2D eigenvalue weighted by Crippen LogP contribution is -2.42. The van der Waals surface area contributed by atoms with E-state index >= 15 is 0 Å². The fourth-order valence-corrected chi connectivity index (χ4v) is 5.58. The van der Waals surface area contributed by atoms with Crippen LogP contribution in [0.3, 0.4) is 0 Å². The van der Waals surface area contributed by atoms with Crippen molar-refractivity contribution in [2.45, 2.75) is 31.8 Å². The van der Waals surface area contributed by atoms with Gasteiger partial charge in [0.1, 0.15) is 6.10 Å². The molecule has 0 aliphatic carbocycles. The van der Waals surface area contributed by atoms with Crippen LogP contribution in [0.2, 0.25) is 0 Å². The lowest BCUT2D eigenvalue weighted by atomic mass is 10.1. The van der Waals surface area contributed by atoms with Crippen molar-refractivity contribution in [2.75, 3.05) is 32.8 Å². The highest BCUT2D eigenvalue weighted by atomic mass is 79.9. The first-order valence-corrected chi connectivity index (χ1v) is 12.3. The summed E-state index contributed by atoms with van der Waals surface area (Å²) >= 11 is 3.43. The molecule has 1 amide bonds. The Balaban J connectivity index is 1.85. The number of aryl methyl sites for hydroxylation is 1. The van der Waals surface area contributed by atoms with Gasteiger partial charge in [-0.2, -0.15) is 4.31 Å². The minimum absolute atomic E-state index is 0.184. The number of nitrogens with zero attached hydrogens (tertiary/aromatic N) is 2. The van der Waals surface area contributed by atoms with E-state index in [0.717, 1.165) is 10.0 Å². The second-order valence-electron chi connectivity index (χ2n) is 7.23. The number of carbonyl (C=O) groups excluding carboxylic acids is 1. The van der Waals surface area contributed by atoms with E-state index in [0.29, 0.717) is 43.9 Å². The van der Waals surface area contributed by atoms with E-state index < -0.39 is 10.0 Å². The molecule has 6 nitrogen and oxygen atoms in total. The highest BCUT2D eigenvalue weighted by Gasteiger charge is 2.29. The lowest BCUT2D eigenvalue weighted by Gasteiger charge is -2.33. The Labute approximate surface area is 187 Å². The number of morpholine rings is 1. The van der Waals surface area contributed by atoms with Crippen LogP contribution >= 0.6 is 15.9 Å². The summed E-state index contributed by atoms with van der Waals surface area (Å²) in [6.45, 7) is 7.46. The van der Waals surface area contributed by atoms with E-state index in [-0.39, 0.29) is 16.9 Å². The summed E-state index contributed by atoms with van der Waals surface area (Å²) in [7, 11) is -3.64. The molecule has 0 aromatic heterocycles. The van der Waals surface area contributed by atoms with E-state index in [1.807, 2.05) is 24.3 Å². The Morgan fingerprint density at radius 2 is 1.83 bits per heavy atom. The SMILES string of the molecule is CCN(CC)S(=O)(=O)c1cc(C(=O)N2CCOC(c3ccc(Br)cc3)C2)ccc1C. The average Bonchev–Trinajstić information content (AvgIpc) is 2.74. The van der Waals surface area contributed by atoms with E-state index in [9.17, 15) is 13.2 Å². The van der Waals surface area contributed by atoms with Crippen LogP contribution in [-0.4, -0.2) is 56.3 Å². The van der Waals surface area contributed by atoms with Crippen molar-refractivity contribution < 1.29 is 17.9 Å². The van der Waals surface area contributed by atoms with Crippen LogP contribution in [0.5, 0.6) is 0 Å². The van der Waals surface area contributed by atoms with Gasteiger partial charge in [0.15, 0.2) is 0 Å². The summed E-state index contributed by atoms with van der Waals surface area (Å²) in [5.41, 5.74) is 2.01. The molecule has 162 valence electrons. The normalized spacial score (nSPS) is 17.4. The van der Waals surface area contributed by atoms with Gasteiger partial charge in [-0.1, -0.05) is 48.0 Å². The van der Waals surface area contributed by atoms with Gasteiger partial charge in [0.25, 0.3) is 5.91 Å². The Morgan fingerprint density at radius 3 is 2.47 bits per heavy atom. The maximum absolute atomic E-state index is 13.2. The fraction of sp³-hybridized carbons (Fsp3) is 0.409. The molecule has 1 heterocycles. The summed E-state index contributed by atoms with van der Waals surface area (Å²) < 4.78 is 34.3. The number of rotatable bonds is 6. The lowest BCUT2D eigenvalue weighted by molar-refractivity contribution is -0.0228. The standard InChI is InChI=1S/C22H27BrN2O4S/c1-4-25(5-2)30(27,28)21-14-18(7-6-16(21)3)22(26)24-12-13-29-20(15-24)17-8-10-19(23)11-9-17/h6-11,14,20H,4-5,12-13,15H2,1-3H3. The molecule has 8 heteroatoms. The van der Waals surface area contributed by atoms with Crippen molar-refractivity contribution in [3.8, 4) is 0 Å². The summed E-state index contributed by atoms with van der Waals surface area (Å²) in [5.74, 6) is -0.184. The van der Waals surface area contributed by atoms with E-state index in [1.54, 1.807) is 37.8 Å². The minimum atomic E-state index is -3.64. The van der Waals surface area contributed by atoms with Gasteiger partial charge in [-0.05, 0) is 42.3 Å². The molecule has 2 aromatic carbocycles. The molecule has 1 atom stereocenters. The van der Waals surface area contributed by atoms with Gasteiger partial charge in [0.05, 0.1) is 18.0 Å². The van der Waals surface area contributed by atoms with Crippen molar-refractivity contribution in [3.63, 3.8) is 0 Å². The number of hydrogen-bond donors (Lipinski definition) is 0. The van der Waals surface area contributed by atoms with Crippen molar-refractivity contribution in [3.05, 3.63) is 63.6 Å². The Kier molecular flexibility index (Phi) is 7.34. The maximum atomic E-state index is 13.2. The Morgan fingerprint density at radius 1 is 1.17 bits per heavy atom. The summed E-state index contributed by atoms with van der Waals surface area (Å²) in [5, 5.41) is 0. The molecule has 1 fully saturated rings. The van der Waals surface area contributed by atoms with Gasteiger partial charge in [0, 0.05) is 29.7 Å². The largest absolute Gasteiger partial charge is 0.370 e. The molecule has 3 rings (SSSR count). The molecule has 2 aromatic rings. The zero-order valence-corrected chi connectivity index (χ0v) is 19.9. The van der Waals surface area contributed by atoms with Gasteiger partial charge in [-0.25, -0.2) is 8.42 Å². The predicted octanol–water partition coefficient (Wildman–Crippen LogP) is 4.00. The van der Waals surface area contributed by atoms with Gasteiger partial charge >= 0.3 is 0 Å². The van der Waals surface area contributed by atoms with Gasteiger partial charge in [0.2, 0.25) is 10.0 Å². The molecule has 1 aliphatic rings. The van der Waals surface area contributed by atoms with Crippen LogP contribution in [-0.2, 0) is 14.8 Å². The zero-order valence-electron chi connectivity index (χ0n) is 17.5. The van der Waals surface area contributed by atoms with Crippen molar-refractivity contribution in [1.29, 1.82) is 0 Å². The van der Waals surface area contributed by atoms with Gasteiger partial charge in [-0.15, -0.1) is 0 Å². The van der Waals surface area contributed by atoms with E-state index in [2.05, 4.69) is 15.9 Å². The quantitative estimate of drug-likeness (QED) is 0.608. The van der Waals surface area contributed by atoms with E-state index in [4.69, 9.17) is 4.74 Å². The van der Waals surface area contributed by atoms with Gasteiger partial charge in [-0.3, -0.25) is 4.79 Å². The summed E-state index contributed by atoms with van der Waals surface area (Å²) in [4.78, 5) is 15.1. The molecular weight excluding hydrogens is 468 g/mol. The third-order valence-corrected chi connectivity index (χ3v) is 8.07. The maximum Gasteiger partial charge on any atom is 0.254 e. The number of sulfonamides is 1. The van der Waals surface area contributed by atoms with E-state index in [1.165, 1.54) is 10.4 Å². The molecule has 1 saturated heterocycles. The second-order valence-corrected chi connectivity index (χ2v) is 10.1. The number of amides is 1. The second kappa shape index (κ2) is 9.60. The number of halogens is 1. The first-order valence-electron chi connectivity index (χ1n) is 10.0. The topological polar surface area (TPSA) is 66.9 Å². The Bertz CT molecular complexity index is 1000. The van der Waals surface area contributed by atoms with Crippen molar-refractivity contribution in [2.24, 2.45) is 0 Å². The third kappa shape index (κ3) is 4.77. The van der Waals surface area contributed by atoms with Crippen LogP contribution in [0.25, 0.3) is 0 Å². The van der Waals surface area contributed by atoms with Gasteiger partial charge < -0.3 is 9.64 Å². The molecule has 0 bridgehead atoms. The molecule has 0 N–H and O–H groups in total. The monoisotopic (exact) mass is 494 g/mol. The molecule has 1 unspecified atom stereocenters. The molecule has 30 heavy (non-hydrogen) atoms. The summed E-state index contributed by atoms with van der Waals surface area (Å²) in [6, 6.07) is 12.8. The highest BCUT2D eigenvalue weighted by molar-refractivity contribution is 9.10. The molecule has 0 saturated carbocycles. The first-order chi connectivity index (χ1) is 14.3. The number of carbonyl (C=O) groups is 1. The Hall–Kier alpha value is -1.74.